The number of hydrogen-bond donors (Lipinski definition) is 0. The first-order valence-electron chi connectivity index (χ1n) is 8.16. The summed E-state index contributed by atoms with van der Waals surface area (Å²) < 4.78 is 35.5. The van der Waals surface area contributed by atoms with Crippen LogP contribution < -0.4 is 0 Å². The molecule has 2 bridgehead atoms. The van der Waals surface area contributed by atoms with Crippen LogP contribution in [-0.2, 0) is 19.3 Å². The van der Waals surface area contributed by atoms with E-state index in [9.17, 15) is 13.2 Å². The second-order valence-electron chi connectivity index (χ2n) is 6.60. The quantitative estimate of drug-likeness (QED) is 0.792. The fourth-order valence-corrected chi connectivity index (χ4v) is 6.58. The molecular weight excluding hydrogens is 316 g/mol. The molecule has 0 aromatic heterocycles. The normalized spacial score (nSPS) is 33.0. The minimum absolute atomic E-state index is 0.0338. The van der Waals surface area contributed by atoms with Crippen molar-refractivity contribution in [1.29, 1.82) is 0 Å². The Bertz CT molecular complexity index is 700. The van der Waals surface area contributed by atoms with E-state index in [2.05, 4.69) is 0 Å². The molecule has 1 aromatic rings. The molecule has 3 aliphatic rings. The van der Waals surface area contributed by atoms with Gasteiger partial charge in [0, 0.05) is 17.0 Å². The zero-order chi connectivity index (χ0) is 16.0. The minimum atomic E-state index is -3.01. The average Bonchev–Trinajstić information content (AvgIpc) is 3.09. The van der Waals surface area contributed by atoms with Crippen LogP contribution in [0, 0.1) is 5.92 Å². The molecule has 0 saturated carbocycles. The first-order chi connectivity index (χ1) is 11.1. The summed E-state index contributed by atoms with van der Waals surface area (Å²) in [6.07, 6.45) is 1.83. The number of hydrogen-bond acceptors (Lipinski definition) is 5. The molecule has 0 spiro atoms. The summed E-state index contributed by atoms with van der Waals surface area (Å²) in [5, 5.41) is -0.664. The number of ketones is 1. The van der Waals surface area contributed by atoms with Gasteiger partial charge in [-0.1, -0.05) is 24.3 Å². The van der Waals surface area contributed by atoms with Crippen molar-refractivity contribution in [2.24, 2.45) is 5.92 Å². The third kappa shape index (κ3) is 2.53. The lowest BCUT2D eigenvalue weighted by Crippen LogP contribution is -2.36. The molecule has 2 atom stereocenters. The zero-order valence-corrected chi connectivity index (χ0v) is 13.6. The van der Waals surface area contributed by atoms with Crippen LogP contribution in [0.5, 0.6) is 0 Å². The molecule has 0 aliphatic carbocycles. The number of benzene rings is 1. The van der Waals surface area contributed by atoms with Crippen LogP contribution in [0.3, 0.4) is 0 Å². The second kappa shape index (κ2) is 5.69. The van der Waals surface area contributed by atoms with Crippen molar-refractivity contribution in [3.8, 4) is 0 Å². The van der Waals surface area contributed by atoms with E-state index in [-0.39, 0.29) is 22.2 Å². The fraction of sp³-hybridized carbons (Fsp3) is 0.588. The van der Waals surface area contributed by atoms with Crippen LogP contribution in [-0.4, -0.2) is 37.9 Å². The van der Waals surface area contributed by atoms with E-state index in [0.717, 1.165) is 5.56 Å². The fourth-order valence-electron chi connectivity index (χ4n) is 4.11. The molecule has 0 amide bonds. The van der Waals surface area contributed by atoms with Gasteiger partial charge in [0.15, 0.2) is 21.9 Å². The van der Waals surface area contributed by atoms with Gasteiger partial charge in [0.1, 0.15) is 0 Å². The standard InChI is InChI=1S/C17H20O5S/c18-16(11-9-12-5-6-13(10-11)23(12,19)20)14-3-1-2-4-15(14)17-21-7-8-22-17/h1-4,11-13,17H,5-10H2. The number of Topliss-reactive ketones (excluding diaryl/α,β-unsaturated/α-hetero) is 1. The van der Waals surface area contributed by atoms with E-state index in [4.69, 9.17) is 9.47 Å². The van der Waals surface area contributed by atoms with Gasteiger partial charge >= 0.3 is 0 Å². The summed E-state index contributed by atoms with van der Waals surface area (Å²) in [7, 11) is -3.01. The highest BCUT2D eigenvalue weighted by molar-refractivity contribution is 7.93. The van der Waals surface area contributed by atoms with Gasteiger partial charge in [0.05, 0.1) is 23.7 Å². The van der Waals surface area contributed by atoms with Crippen LogP contribution in [0.15, 0.2) is 24.3 Å². The molecule has 3 fully saturated rings. The lowest BCUT2D eigenvalue weighted by Gasteiger charge is -2.27. The summed E-state index contributed by atoms with van der Waals surface area (Å²) in [6.45, 7) is 1.05. The SMILES string of the molecule is O=C(c1ccccc1C1OCCO1)C1CC2CCC(C1)S2(=O)=O. The Hall–Kier alpha value is -1.24. The molecule has 4 rings (SSSR count). The van der Waals surface area contributed by atoms with Crippen molar-refractivity contribution in [1.82, 2.24) is 0 Å². The van der Waals surface area contributed by atoms with Gasteiger partial charge in [-0.2, -0.15) is 0 Å². The third-order valence-electron chi connectivity index (χ3n) is 5.31. The zero-order valence-electron chi connectivity index (χ0n) is 12.8. The highest BCUT2D eigenvalue weighted by Gasteiger charge is 2.48. The van der Waals surface area contributed by atoms with Gasteiger partial charge < -0.3 is 9.47 Å². The molecule has 3 saturated heterocycles. The molecule has 3 aliphatic heterocycles. The van der Waals surface area contributed by atoms with Gasteiger partial charge in [-0.05, 0) is 25.7 Å². The van der Waals surface area contributed by atoms with Crippen LogP contribution in [0.25, 0.3) is 0 Å². The molecule has 124 valence electrons. The van der Waals surface area contributed by atoms with Gasteiger partial charge in [-0.3, -0.25) is 4.79 Å². The molecule has 6 heteroatoms. The number of ether oxygens (including phenoxy) is 2. The van der Waals surface area contributed by atoms with E-state index in [1.165, 1.54) is 0 Å². The summed E-state index contributed by atoms with van der Waals surface area (Å²) in [4.78, 5) is 13.0. The van der Waals surface area contributed by atoms with Crippen LogP contribution in [0.1, 0.15) is 47.9 Å². The molecular formula is C17H20O5S. The van der Waals surface area contributed by atoms with Crippen molar-refractivity contribution in [3.05, 3.63) is 35.4 Å². The predicted octanol–water partition coefficient (Wildman–Crippen LogP) is 2.27. The summed E-state index contributed by atoms with van der Waals surface area (Å²) in [6, 6.07) is 7.36. The topological polar surface area (TPSA) is 69.7 Å². The smallest absolute Gasteiger partial charge is 0.184 e. The maximum atomic E-state index is 13.0. The van der Waals surface area contributed by atoms with E-state index in [0.29, 0.717) is 44.5 Å². The Morgan fingerprint density at radius 3 is 2.26 bits per heavy atom. The van der Waals surface area contributed by atoms with Crippen molar-refractivity contribution < 1.29 is 22.7 Å². The number of carbonyl (C=O) groups is 1. The lowest BCUT2D eigenvalue weighted by molar-refractivity contribution is -0.0445. The maximum absolute atomic E-state index is 13.0. The van der Waals surface area contributed by atoms with Crippen LogP contribution in [0.2, 0.25) is 0 Å². The Morgan fingerprint density at radius 2 is 1.61 bits per heavy atom. The highest BCUT2D eigenvalue weighted by atomic mass is 32.2. The van der Waals surface area contributed by atoms with Gasteiger partial charge in [0.25, 0.3) is 0 Å². The second-order valence-corrected chi connectivity index (χ2v) is 9.12. The predicted molar refractivity (Wildman–Crippen MR) is 83.9 cm³/mol. The van der Waals surface area contributed by atoms with Crippen molar-refractivity contribution in [2.75, 3.05) is 13.2 Å². The van der Waals surface area contributed by atoms with Gasteiger partial charge in [0.2, 0.25) is 0 Å². The molecule has 1 aromatic carbocycles. The Kier molecular flexibility index (Phi) is 3.78. The minimum Gasteiger partial charge on any atom is -0.346 e. The first-order valence-corrected chi connectivity index (χ1v) is 9.77. The first kappa shape index (κ1) is 15.3. The van der Waals surface area contributed by atoms with E-state index in [1.807, 2.05) is 18.2 Å². The molecule has 5 nitrogen and oxygen atoms in total. The number of carbonyl (C=O) groups excluding carboxylic acids is 1. The molecule has 23 heavy (non-hydrogen) atoms. The molecule has 0 N–H and O–H groups in total. The van der Waals surface area contributed by atoms with E-state index >= 15 is 0 Å². The number of sulfone groups is 1. The molecule has 3 heterocycles. The average molecular weight is 336 g/mol. The van der Waals surface area contributed by atoms with Crippen LogP contribution in [0.4, 0.5) is 0 Å². The molecule has 0 radical (unpaired) electrons. The maximum Gasteiger partial charge on any atom is 0.184 e. The third-order valence-corrected chi connectivity index (χ3v) is 8.02. The van der Waals surface area contributed by atoms with Gasteiger partial charge in [-0.15, -0.1) is 0 Å². The Labute approximate surface area is 135 Å². The van der Waals surface area contributed by atoms with E-state index < -0.39 is 16.1 Å². The van der Waals surface area contributed by atoms with Gasteiger partial charge in [-0.25, -0.2) is 8.42 Å². The Balaban J connectivity index is 1.61. The van der Waals surface area contributed by atoms with Crippen molar-refractivity contribution in [3.63, 3.8) is 0 Å². The Morgan fingerprint density at radius 1 is 1.00 bits per heavy atom. The summed E-state index contributed by atoms with van der Waals surface area (Å²) >= 11 is 0. The van der Waals surface area contributed by atoms with Crippen LogP contribution >= 0.6 is 0 Å². The summed E-state index contributed by atoms with van der Waals surface area (Å²) in [5.74, 6) is -0.176. The van der Waals surface area contributed by atoms with Crippen molar-refractivity contribution >= 4 is 15.6 Å². The lowest BCUT2D eigenvalue weighted by atomic mass is 9.88. The van der Waals surface area contributed by atoms with E-state index in [1.54, 1.807) is 6.07 Å². The number of fused-ring (bicyclic) bond motifs is 2. The number of rotatable bonds is 3. The largest absolute Gasteiger partial charge is 0.346 e. The monoisotopic (exact) mass is 336 g/mol. The summed E-state index contributed by atoms with van der Waals surface area (Å²) in [5.41, 5.74) is 1.37. The van der Waals surface area contributed by atoms with Crippen molar-refractivity contribution in [2.45, 2.75) is 42.5 Å². The highest BCUT2D eigenvalue weighted by Crippen LogP contribution is 2.42. The molecule has 2 unspecified atom stereocenters.